The molecule has 2 aromatic rings. The van der Waals surface area contributed by atoms with Gasteiger partial charge in [-0.25, -0.2) is 4.39 Å². The Bertz CT molecular complexity index is 586. The average molecular weight is 284 g/mol. The van der Waals surface area contributed by atoms with Gasteiger partial charge in [-0.2, -0.15) is 0 Å². The molecule has 0 radical (unpaired) electrons. The van der Waals surface area contributed by atoms with E-state index in [0.29, 0.717) is 15.6 Å². The van der Waals surface area contributed by atoms with Gasteiger partial charge in [0.05, 0.1) is 21.4 Å². The van der Waals surface area contributed by atoms with Crippen molar-refractivity contribution < 1.29 is 8.60 Å². The van der Waals surface area contributed by atoms with Gasteiger partial charge < -0.3 is 5.73 Å². The van der Waals surface area contributed by atoms with E-state index in [1.165, 1.54) is 18.2 Å². The number of hydrogen-bond acceptors (Lipinski definition) is 2. The summed E-state index contributed by atoms with van der Waals surface area (Å²) in [6.45, 7) is 0. The van der Waals surface area contributed by atoms with Gasteiger partial charge >= 0.3 is 0 Å². The Morgan fingerprint density at radius 3 is 2.50 bits per heavy atom. The first-order valence-corrected chi connectivity index (χ1v) is 6.94. The molecular formula is C13H11ClFNOS. The lowest BCUT2D eigenvalue weighted by Crippen LogP contribution is -2.01. The van der Waals surface area contributed by atoms with Crippen LogP contribution in [0.15, 0.2) is 47.4 Å². The van der Waals surface area contributed by atoms with Gasteiger partial charge in [0.15, 0.2) is 0 Å². The number of halogens is 2. The Balaban J connectivity index is 2.21. The molecule has 1 atom stereocenters. The molecule has 0 bridgehead atoms. The van der Waals surface area contributed by atoms with Gasteiger partial charge in [0, 0.05) is 10.7 Å². The van der Waals surface area contributed by atoms with E-state index in [0.717, 1.165) is 5.56 Å². The van der Waals surface area contributed by atoms with Crippen LogP contribution in [0.4, 0.5) is 10.1 Å². The lowest BCUT2D eigenvalue weighted by molar-refractivity contribution is 0.623. The van der Waals surface area contributed by atoms with Crippen LogP contribution in [0.1, 0.15) is 5.56 Å². The van der Waals surface area contributed by atoms with Crippen LogP contribution in [-0.4, -0.2) is 4.21 Å². The Hall–Kier alpha value is -1.39. The van der Waals surface area contributed by atoms with E-state index in [-0.39, 0.29) is 5.75 Å². The lowest BCUT2D eigenvalue weighted by atomic mass is 10.2. The van der Waals surface area contributed by atoms with Gasteiger partial charge in [-0.1, -0.05) is 23.7 Å². The second-order valence-electron chi connectivity index (χ2n) is 3.80. The van der Waals surface area contributed by atoms with Gasteiger partial charge in [0.2, 0.25) is 0 Å². The van der Waals surface area contributed by atoms with E-state index in [2.05, 4.69) is 0 Å². The highest BCUT2D eigenvalue weighted by molar-refractivity contribution is 7.84. The highest BCUT2D eigenvalue weighted by Gasteiger charge is 2.10. The van der Waals surface area contributed by atoms with Gasteiger partial charge in [0.25, 0.3) is 0 Å². The molecule has 0 fully saturated rings. The van der Waals surface area contributed by atoms with Crippen molar-refractivity contribution >= 4 is 28.1 Å². The first-order chi connectivity index (χ1) is 8.56. The molecule has 2 nitrogen and oxygen atoms in total. The number of nitrogens with two attached hydrogens (primary N) is 1. The fourth-order valence-electron chi connectivity index (χ4n) is 1.52. The van der Waals surface area contributed by atoms with Gasteiger partial charge in [0.1, 0.15) is 5.82 Å². The summed E-state index contributed by atoms with van der Waals surface area (Å²) in [5.41, 5.74) is 6.89. The zero-order valence-electron chi connectivity index (χ0n) is 9.40. The van der Waals surface area contributed by atoms with E-state index < -0.39 is 16.6 Å². The molecule has 94 valence electrons. The van der Waals surface area contributed by atoms with E-state index in [1.54, 1.807) is 24.3 Å². The Morgan fingerprint density at radius 1 is 1.17 bits per heavy atom. The first-order valence-electron chi connectivity index (χ1n) is 5.24. The number of nitrogen functional groups attached to an aromatic ring is 1. The SMILES string of the molecule is Nc1ccc(F)cc1S(=O)Cc1ccc(Cl)cc1. The highest BCUT2D eigenvalue weighted by atomic mass is 35.5. The van der Waals surface area contributed by atoms with Gasteiger partial charge in [-0.05, 0) is 35.9 Å². The molecule has 0 heterocycles. The van der Waals surface area contributed by atoms with E-state index >= 15 is 0 Å². The molecule has 1 unspecified atom stereocenters. The molecule has 0 aromatic heterocycles. The summed E-state index contributed by atoms with van der Waals surface area (Å²) in [6.07, 6.45) is 0. The van der Waals surface area contributed by atoms with Crippen LogP contribution < -0.4 is 5.73 Å². The van der Waals surface area contributed by atoms with Crippen LogP contribution in [0.5, 0.6) is 0 Å². The van der Waals surface area contributed by atoms with Crippen molar-refractivity contribution in [3.05, 3.63) is 58.9 Å². The van der Waals surface area contributed by atoms with Crippen molar-refractivity contribution in [1.82, 2.24) is 0 Å². The molecule has 0 spiro atoms. The Labute approximate surface area is 112 Å². The largest absolute Gasteiger partial charge is 0.398 e. The summed E-state index contributed by atoms with van der Waals surface area (Å²) in [6, 6.07) is 10.9. The monoisotopic (exact) mass is 283 g/mol. The molecule has 0 aliphatic rings. The van der Waals surface area contributed by atoms with Crippen molar-refractivity contribution in [2.45, 2.75) is 10.6 Å². The predicted octanol–water partition coefficient (Wildman–Crippen LogP) is 3.37. The summed E-state index contributed by atoms with van der Waals surface area (Å²) < 4.78 is 25.2. The fourth-order valence-corrected chi connectivity index (χ4v) is 2.87. The van der Waals surface area contributed by atoms with Crippen LogP contribution in [0.2, 0.25) is 5.02 Å². The number of hydrogen-bond donors (Lipinski definition) is 1. The van der Waals surface area contributed by atoms with Crippen LogP contribution in [0.3, 0.4) is 0 Å². The standard InChI is InChI=1S/C13H11ClFNOS/c14-10-3-1-9(2-4-10)8-18(17)13-7-11(15)5-6-12(13)16/h1-7H,8,16H2. The molecule has 2 aromatic carbocycles. The summed E-state index contributed by atoms with van der Waals surface area (Å²) in [7, 11) is -1.37. The smallest absolute Gasteiger partial charge is 0.124 e. The minimum absolute atomic E-state index is 0.283. The lowest BCUT2D eigenvalue weighted by Gasteiger charge is -2.06. The average Bonchev–Trinajstić information content (AvgIpc) is 2.35. The molecular weight excluding hydrogens is 273 g/mol. The predicted molar refractivity (Wildman–Crippen MR) is 72.4 cm³/mol. The maximum absolute atomic E-state index is 13.1. The summed E-state index contributed by atoms with van der Waals surface area (Å²) in [5.74, 6) is -0.158. The van der Waals surface area contributed by atoms with E-state index in [1.807, 2.05) is 0 Å². The molecule has 18 heavy (non-hydrogen) atoms. The quantitative estimate of drug-likeness (QED) is 0.878. The maximum atomic E-state index is 13.1. The second kappa shape index (κ2) is 5.50. The second-order valence-corrected chi connectivity index (χ2v) is 5.65. The molecule has 2 N–H and O–H groups in total. The van der Waals surface area contributed by atoms with Crippen molar-refractivity contribution in [1.29, 1.82) is 0 Å². The highest BCUT2D eigenvalue weighted by Crippen LogP contribution is 2.21. The van der Waals surface area contributed by atoms with Crippen molar-refractivity contribution in [3.63, 3.8) is 0 Å². The Morgan fingerprint density at radius 2 is 1.83 bits per heavy atom. The minimum atomic E-state index is -1.37. The van der Waals surface area contributed by atoms with E-state index in [9.17, 15) is 8.60 Å². The molecule has 2 rings (SSSR count). The first kappa shape index (κ1) is 13.1. The van der Waals surface area contributed by atoms with Crippen LogP contribution in [0, 0.1) is 5.82 Å². The number of rotatable bonds is 3. The summed E-state index contributed by atoms with van der Waals surface area (Å²) >= 11 is 5.77. The van der Waals surface area contributed by atoms with Crippen LogP contribution in [0.25, 0.3) is 0 Å². The number of benzene rings is 2. The van der Waals surface area contributed by atoms with Crippen molar-refractivity contribution in [2.24, 2.45) is 0 Å². The van der Waals surface area contributed by atoms with E-state index in [4.69, 9.17) is 17.3 Å². The maximum Gasteiger partial charge on any atom is 0.124 e. The van der Waals surface area contributed by atoms with Crippen molar-refractivity contribution in [2.75, 3.05) is 5.73 Å². The minimum Gasteiger partial charge on any atom is -0.398 e. The van der Waals surface area contributed by atoms with Crippen LogP contribution in [-0.2, 0) is 16.6 Å². The molecule has 0 saturated heterocycles. The van der Waals surface area contributed by atoms with Crippen LogP contribution >= 0.6 is 11.6 Å². The molecule has 0 amide bonds. The normalized spacial score (nSPS) is 12.3. The van der Waals surface area contributed by atoms with Gasteiger partial charge in [-0.15, -0.1) is 0 Å². The zero-order chi connectivity index (χ0) is 13.1. The molecule has 0 saturated carbocycles. The third-order valence-electron chi connectivity index (χ3n) is 2.43. The number of anilines is 1. The summed E-state index contributed by atoms with van der Waals surface area (Å²) in [5, 5.41) is 0.620. The summed E-state index contributed by atoms with van der Waals surface area (Å²) in [4.78, 5) is 0.324. The van der Waals surface area contributed by atoms with Crippen molar-refractivity contribution in [3.8, 4) is 0 Å². The molecule has 0 aliphatic carbocycles. The third-order valence-corrected chi connectivity index (χ3v) is 4.12. The Kier molecular flexibility index (Phi) is 3.99. The van der Waals surface area contributed by atoms with Gasteiger partial charge in [-0.3, -0.25) is 4.21 Å². The molecule has 5 heteroatoms. The fraction of sp³-hybridized carbons (Fsp3) is 0.0769. The molecule has 0 aliphatic heterocycles. The zero-order valence-corrected chi connectivity index (χ0v) is 11.0. The topological polar surface area (TPSA) is 43.1 Å². The third kappa shape index (κ3) is 3.09.